The number of nitrogens with zero attached hydrogens (tertiary/aromatic N) is 5. The van der Waals surface area contributed by atoms with Crippen molar-refractivity contribution in [3.63, 3.8) is 0 Å². The van der Waals surface area contributed by atoms with Gasteiger partial charge >= 0.3 is 0 Å². The maximum absolute atomic E-state index is 13.9. The molecule has 0 spiro atoms. The Morgan fingerprint density at radius 2 is 1.74 bits per heavy atom. The van der Waals surface area contributed by atoms with Gasteiger partial charge in [-0.1, -0.05) is 49.3 Å². The Kier molecular flexibility index (Phi) is 10.0. The Morgan fingerprint density at radius 3 is 2.49 bits per heavy atom. The summed E-state index contributed by atoms with van der Waals surface area (Å²) < 4.78 is 8.76. The van der Waals surface area contributed by atoms with Gasteiger partial charge in [0, 0.05) is 45.0 Å². The molecule has 0 aliphatic carbocycles. The van der Waals surface area contributed by atoms with Crippen molar-refractivity contribution in [3.05, 3.63) is 77.6 Å². The average Bonchev–Trinajstić information content (AvgIpc) is 3.77. The topological polar surface area (TPSA) is 185 Å². The summed E-state index contributed by atoms with van der Waals surface area (Å²) in [5.41, 5.74) is 1.64. The number of carbonyl (C=O) groups is 5. The van der Waals surface area contributed by atoms with Crippen LogP contribution in [0.15, 0.2) is 59.5 Å². The van der Waals surface area contributed by atoms with Crippen LogP contribution in [0.1, 0.15) is 59.4 Å². The van der Waals surface area contributed by atoms with Gasteiger partial charge in [-0.25, -0.2) is 4.52 Å². The molecule has 0 saturated carbocycles. The minimum Gasteiger partial charge on any atom is -0.359 e. The minimum absolute atomic E-state index is 0.0279. The molecule has 5 amide bonds. The molecule has 248 valence electrons. The first-order valence-electron chi connectivity index (χ1n) is 15.5. The monoisotopic (exact) mass is 645 g/mol. The molecule has 1 aliphatic heterocycles. The molecule has 15 heteroatoms. The molecule has 5 rings (SSSR count). The molecule has 0 saturated heterocycles. The van der Waals surface area contributed by atoms with Crippen LogP contribution in [0.3, 0.4) is 0 Å². The van der Waals surface area contributed by atoms with Gasteiger partial charge in [0.25, 0.3) is 11.8 Å². The number of rotatable bonds is 5. The molecule has 1 aliphatic rings. The molecule has 0 radical (unpaired) electrons. The Hall–Kier alpha value is -5.47. The predicted octanol–water partition coefficient (Wildman–Crippen LogP) is 0.810. The summed E-state index contributed by atoms with van der Waals surface area (Å²) in [4.78, 5) is 68.7. The molecule has 1 aromatic carbocycles. The van der Waals surface area contributed by atoms with Gasteiger partial charge in [-0.05, 0) is 24.8 Å². The number of benzene rings is 1. The number of fused-ring (bicyclic) bond motifs is 3. The number of amides is 5. The molecule has 0 fully saturated rings. The highest BCUT2D eigenvalue weighted by atomic mass is 16.5. The first kappa shape index (κ1) is 32.9. The van der Waals surface area contributed by atoms with Crippen LogP contribution in [0.2, 0.25) is 0 Å². The van der Waals surface area contributed by atoms with Gasteiger partial charge < -0.3 is 35.3 Å². The minimum atomic E-state index is -1.03. The molecule has 3 atom stereocenters. The van der Waals surface area contributed by atoms with Crippen LogP contribution in [0.4, 0.5) is 0 Å². The summed E-state index contributed by atoms with van der Waals surface area (Å²) in [5.74, 6) is -2.38. The molecular formula is C32H39N9O6. The predicted molar refractivity (Wildman–Crippen MR) is 169 cm³/mol. The van der Waals surface area contributed by atoms with E-state index in [1.807, 2.05) is 44.2 Å². The summed E-state index contributed by atoms with van der Waals surface area (Å²) >= 11 is 0. The fourth-order valence-electron chi connectivity index (χ4n) is 5.41. The molecule has 3 aromatic heterocycles. The van der Waals surface area contributed by atoms with Crippen molar-refractivity contribution in [2.75, 3.05) is 13.1 Å². The van der Waals surface area contributed by atoms with Crippen LogP contribution >= 0.6 is 0 Å². The van der Waals surface area contributed by atoms with Crippen molar-refractivity contribution < 1.29 is 28.5 Å². The summed E-state index contributed by atoms with van der Waals surface area (Å²) in [6.45, 7) is 5.32. The van der Waals surface area contributed by atoms with Crippen LogP contribution in [0, 0.1) is 5.92 Å². The highest BCUT2D eigenvalue weighted by Crippen LogP contribution is 2.17. The Labute approximate surface area is 271 Å². The van der Waals surface area contributed by atoms with Crippen molar-refractivity contribution >= 4 is 35.2 Å². The van der Waals surface area contributed by atoms with Gasteiger partial charge in [0.2, 0.25) is 17.7 Å². The first-order chi connectivity index (χ1) is 22.5. The number of hydrogen-bond acceptors (Lipinski definition) is 8. The number of aromatic nitrogens is 4. The lowest BCUT2D eigenvalue weighted by Gasteiger charge is -2.26. The molecule has 4 aromatic rings. The van der Waals surface area contributed by atoms with Crippen LogP contribution in [-0.4, -0.2) is 85.0 Å². The SMILES string of the molecule is CC(C)C[C@H]1NC(=O)[C@@H](C)NC(=O)c2cc(on2)CN(C(=O)c2cnn3ccn(C)c23)CCNC(=O)[C@@H](Cc2ccccc2)NC1=O. The van der Waals surface area contributed by atoms with E-state index in [-0.39, 0.29) is 49.3 Å². The summed E-state index contributed by atoms with van der Waals surface area (Å²) in [6, 6.07) is 7.65. The lowest BCUT2D eigenvalue weighted by molar-refractivity contribution is -0.132. The maximum atomic E-state index is 13.9. The Balaban J connectivity index is 1.46. The summed E-state index contributed by atoms with van der Waals surface area (Å²) in [6.07, 6.45) is 5.45. The number of aryl methyl sites for hydroxylation is 1. The van der Waals surface area contributed by atoms with Crippen LogP contribution in [0.5, 0.6) is 0 Å². The normalized spacial score (nSPS) is 20.3. The Morgan fingerprint density at radius 1 is 1.00 bits per heavy atom. The van der Waals surface area contributed by atoms with E-state index < -0.39 is 41.8 Å². The highest BCUT2D eigenvalue weighted by molar-refractivity contribution is 6.00. The van der Waals surface area contributed by atoms with Crippen molar-refractivity contribution in [2.45, 2.75) is 58.3 Å². The third-order valence-electron chi connectivity index (χ3n) is 7.87. The van der Waals surface area contributed by atoms with E-state index in [0.29, 0.717) is 17.6 Å². The molecule has 47 heavy (non-hydrogen) atoms. The van der Waals surface area contributed by atoms with Crippen molar-refractivity contribution in [2.24, 2.45) is 13.0 Å². The van der Waals surface area contributed by atoms with Gasteiger partial charge in [-0.3, -0.25) is 24.0 Å². The van der Waals surface area contributed by atoms with Crippen molar-refractivity contribution in [1.82, 2.24) is 45.5 Å². The average molecular weight is 646 g/mol. The van der Waals surface area contributed by atoms with E-state index in [2.05, 4.69) is 31.5 Å². The molecular weight excluding hydrogens is 606 g/mol. The van der Waals surface area contributed by atoms with E-state index >= 15 is 0 Å². The van der Waals surface area contributed by atoms with E-state index in [9.17, 15) is 24.0 Å². The largest absolute Gasteiger partial charge is 0.359 e. The van der Waals surface area contributed by atoms with Crippen LogP contribution in [0.25, 0.3) is 5.65 Å². The molecule has 15 nitrogen and oxygen atoms in total. The van der Waals surface area contributed by atoms with Crippen LogP contribution in [-0.2, 0) is 34.4 Å². The van der Waals surface area contributed by atoms with Crippen molar-refractivity contribution in [3.8, 4) is 0 Å². The second kappa shape index (κ2) is 14.3. The first-order valence-corrected chi connectivity index (χ1v) is 15.5. The summed E-state index contributed by atoms with van der Waals surface area (Å²) in [5, 5.41) is 19.1. The second-order valence-corrected chi connectivity index (χ2v) is 12.1. The maximum Gasteiger partial charge on any atom is 0.274 e. The summed E-state index contributed by atoms with van der Waals surface area (Å²) in [7, 11) is 1.79. The zero-order valence-corrected chi connectivity index (χ0v) is 26.7. The molecule has 0 unspecified atom stereocenters. The van der Waals surface area contributed by atoms with Gasteiger partial charge in [-0.15, -0.1) is 0 Å². The van der Waals surface area contributed by atoms with Crippen LogP contribution < -0.4 is 21.3 Å². The van der Waals surface area contributed by atoms with Gasteiger partial charge in [0.15, 0.2) is 11.5 Å². The highest BCUT2D eigenvalue weighted by Gasteiger charge is 2.31. The number of nitrogens with one attached hydrogen (secondary N) is 4. The number of carbonyl (C=O) groups excluding carboxylic acids is 5. The van der Waals surface area contributed by atoms with E-state index in [1.54, 1.807) is 28.5 Å². The fourth-order valence-corrected chi connectivity index (χ4v) is 5.41. The molecule has 4 N–H and O–H groups in total. The fraction of sp³-hybridized carbons (Fsp3) is 0.406. The third kappa shape index (κ3) is 7.85. The van der Waals surface area contributed by atoms with E-state index in [4.69, 9.17) is 4.52 Å². The number of hydrogen-bond donors (Lipinski definition) is 4. The quantitative estimate of drug-likeness (QED) is 0.246. The zero-order valence-electron chi connectivity index (χ0n) is 26.7. The van der Waals surface area contributed by atoms with Gasteiger partial charge in [0.05, 0.1) is 12.7 Å². The lowest BCUT2D eigenvalue weighted by atomic mass is 10.0. The van der Waals surface area contributed by atoms with Crippen molar-refractivity contribution in [1.29, 1.82) is 0 Å². The number of imidazole rings is 1. The zero-order chi connectivity index (χ0) is 33.7. The lowest BCUT2D eigenvalue weighted by Crippen LogP contribution is -2.57. The van der Waals surface area contributed by atoms with E-state index in [0.717, 1.165) is 5.56 Å². The smallest absolute Gasteiger partial charge is 0.274 e. The molecule has 4 heterocycles. The van der Waals surface area contributed by atoms with E-state index in [1.165, 1.54) is 24.1 Å². The molecule has 2 bridgehead atoms. The van der Waals surface area contributed by atoms with Gasteiger partial charge in [0.1, 0.15) is 29.3 Å². The second-order valence-electron chi connectivity index (χ2n) is 12.1. The third-order valence-corrected chi connectivity index (χ3v) is 7.87. The van der Waals surface area contributed by atoms with Gasteiger partial charge in [-0.2, -0.15) is 5.10 Å². The Bertz CT molecular complexity index is 1760. The standard InChI is InChI=1S/C32H39N9O6/c1-19(2)14-24-29(44)37-25(15-21-8-6-5-7-9-21)28(43)33-10-11-40(32(46)23-17-34-41-13-12-39(4)31(23)41)18-22-16-26(38-47-22)30(45)35-20(3)27(42)36-24/h5-9,12-13,16-17,19-20,24-25H,10-11,14-15,18H2,1-4H3,(H,33,43)(H,35,45)(H,36,42)(H,37,44)/t20-,24-,25-/m1/s1.